The summed E-state index contributed by atoms with van der Waals surface area (Å²) in [5.41, 5.74) is 10.5. The second-order valence-electron chi connectivity index (χ2n) is 3.33. The summed E-state index contributed by atoms with van der Waals surface area (Å²) < 4.78 is 5.13. The minimum absolute atomic E-state index is 0.151. The molecule has 0 aromatic heterocycles. The predicted molar refractivity (Wildman–Crippen MR) is 66.5 cm³/mol. The number of hydrogen-bond donors (Lipinski definition) is 2. The number of carbonyl (C=O) groups excluding carboxylic acids is 1. The highest BCUT2D eigenvalue weighted by molar-refractivity contribution is 5.83. The zero-order chi connectivity index (χ0) is 12.7. The van der Waals surface area contributed by atoms with Crippen LogP contribution in [-0.2, 0) is 4.79 Å². The Balaban J connectivity index is 2.72. The van der Waals surface area contributed by atoms with Gasteiger partial charge in [0.25, 0.3) is 0 Å². The number of para-hydroxylation sites is 1. The highest BCUT2D eigenvalue weighted by atomic mass is 16.5. The summed E-state index contributed by atoms with van der Waals surface area (Å²) in [7, 11) is 0. The van der Waals surface area contributed by atoms with Crippen LogP contribution in [0.15, 0.2) is 48.0 Å². The molecular formula is C12H15N3O2. The molecule has 1 unspecified atom stereocenters. The lowest BCUT2D eigenvalue weighted by Gasteiger charge is -2.10. The topological polar surface area (TPSA) is 90.7 Å². The number of carbonyl (C=O) groups is 1. The van der Waals surface area contributed by atoms with Crippen molar-refractivity contribution in [1.82, 2.24) is 0 Å². The van der Waals surface area contributed by atoms with Gasteiger partial charge in [-0.1, -0.05) is 24.3 Å². The number of benzene rings is 1. The van der Waals surface area contributed by atoms with E-state index in [2.05, 4.69) is 11.6 Å². The Hall–Kier alpha value is -2.30. The van der Waals surface area contributed by atoms with Gasteiger partial charge in [-0.3, -0.25) is 0 Å². The van der Waals surface area contributed by atoms with E-state index < -0.39 is 12.0 Å². The van der Waals surface area contributed by atoms with E-state index in [4.69, 9.17) is 16.2 Å². The van der Waals surface area contributed by atoms with Crippen molar-refractivity contribution in [2.45, 2.75) is 12.5 Å². The first-order chi connectivity index (χ1) is 8.13. The third-order valence-corrected chi connectivity index (χ3v) is 1.93. The summed E-state index contributed by atoms with van der Waals surface area (Å²) in [4.78, 5) is 15.5. The molecule has 0 saturated heterocycles. The third-order valence-electron chi connectivity index (χ3n) is 1.93. The van der Waals surface area contributed by atoms with E-state index in [1.54, 1.807) is 30.3 Å². The van der Waals surface area contributed by atoms with Crippen molar-refractivity contribution in [1.29, 1.82) is 0 Å². The van der Waals surface area contributed by atoms with Gasteiger partial charge in [-0.25, -0.2) is 9.79 Å². The van der Waals surface area contributed by atoms with Crippen LogP contribution in [0.1, 0.15) is 6.42 Å². The number of esters is 1. The Kier molecular flexibility index (Phi) is 4.75. The average Bonchev–Trinajstić information content (AvgIpc) is 2.29. The van der Waals surface area contributed by atoms with Crippen LogP contribution in [0.25, 0.3) is 0 Å². The summed E-state index contributed by atoms with van der Waals surface area (Å²) in [6.07, 6.45) is 1.88. The standard InChI is InChI=1S/C12H15N3O2/c1-2-6-10(15-12(13)14)11(16)17-9-7-4-3-5-8-9/h2-5,7-8,10H,1,6H2,(H4,13,14,15). The molecule has 1 atom stereocenters. The van der Waals surface area contributed by atoms with Gasteiger partial charge < -0.3 is 16.2 Å². The molecule has 17 heavy (non-hydrogen) atoms. The molecule has 1 aromatic rings. The van der Waals surface area contributed by atoms with Crippen LogP contribution in [0.2, 0.25) is 0 Å². The van der Waals surface area contributed by atoms with Crippen molar-refractivity contribution in [3.8, 4) is 5.75 Å². The van der Waals surface area contributed by atoms with Crippen LogP contribution in [-0.4, -0.2) is 18.0 Å². The average molecular weight is 233 g/mol. The molecular weight excluding hydrogens is 218 g/mol. The van der Waals surface area contributed by atoms with Crippen LogP contribution in [0.5, 0.6) is 5.75 Å². The van der Waals surface area contributed by atoms with Gasteiger partial charge in [-0.15, -0.1) is 6.58 Å². The van der Waals surface area contributed by atoms with Gasteiger partial charge in [0, 0.05) is 0 Å². The molecule has 0 fully saturated rings. The molecule has 0 heterocycles. The maximum atomic E-state index is 11.7. The van der Waals surface area contributed by atoms with E-state index in [9.17, 15) is 4.79 Å². The van der Waals surface area contributed by atoms with E-state index in [0.29, 0.717) is 12.2 Å². The molecule has 1 aromatic carbocycles. The summed E-state index contributed by atoms with van der Waals surface area (Å²) in [5.74, 6) is -0.205. The van der Waals surface area contributed by atoms with Crippen molar-refractivity contribution in [3.05, 3.63) is 43.0 Å². The highest BCUT2D eigenvalue weighted by Gasteiger charge is 2.18. The Labute approximate surface area is 99.8 Å². The molecule has 1 rings (SSSR count). The fraction of sp³-hybridized carbons (Fsp3) is 0.167. The van der Waals surface area contributed by atoms with Crippen LogP contribution < -0.4 is 16.2 Å². The lowest BCUT2D eigenvalue weighted by atomic mass is 10.2. The fourth-order valence-electron chi connectivity index (χ4n) is 1.21. The summed E-state index contributed by atoms with van der Waals surface area (Å²) in [6, 6.07) is 7.97. The Morgan fingerprint density at radius 2 is 2.06 bits per heavy atom. The predicted octanol–water partition coefficient (Wildman–Crippen LogP) is 0.810. The van der Waals surface area contributed by atoms with Gasteiger partial charge in [0.15, 0.2) is 12.0 Å². The Morgan fingerprint density at radius 1 is 1.41 bits per heavy atom. The van der Waals surface area contributed by atoms with Crippen LogP contribution in [0.4, 0.5) is 0 Å². The molecule has 0 aliphatic heterocycles. The van der Waals surface area contributed by atoms with Gasteiger partial charge in [0.1, 0.15) is 5.75 Å². The number of guanidine groups is 1. The number of rotatable bonds is 5. The number of nitrogens with two attached hydrogens (primary N) is 2. The molecule has 5 heteroatoms. The molecule has 4 N–H and O–H groups in total. The molecule has 5 nitrogen and oxygen atoms in total. The first-order valence-electron chi connectivity index (χ1n) is 5.10. The van der Waals surface area contributed by atoms with E-state index in [1.807, 2.05) is 6.07 Å². The summed E-state index contributed by atoms with van der Waals surface area (Å²) >= 11 is 0. The molecule has 0 amide bonds. The quantitative estimate of drug-likeness (QED) is 0.259. The molecule has 90 valence electrons. The van der Waals surface area contributed by atoms with Gasteiger partial charge in [0.2, 0.25) is 0 Å². The summed E-state index contributed by atoms with van der Waals surface area (Å²) in [5, 5.41) is 0. The second-order valence-corrected chi connectivity index (χ2v) is 3.33. The van der Waals surface area contributed by atoms with Crippen molar-refractivity contribution < 1.29 is 9.53 Å². The normalized spacial score (nSPS) is 11.3. The second kappa shape index (κ2) is 6.32. The van der Waals surface area contributed by atoms with Gasteiger partial charge in [0.05, 0.1) is 0 Å². The molecule has 0 bridgehead atoms. The van der Waals surface area contributed by atoms with Crippen molar-refractivity contribution in [2.24, 2.45) is 16.5 Å². The van der Waals surface area contributed by atoms with Crippen LogP contribution in [0.3, 0.4) is 0 Å². The largest absolute Gasteiger partial charge is 0.425 e. The van der Waals surface area contributed by atoms with Crippen molar-refractivity contribution >= 4 is 11.9 Å². The Morgan fingerprint density at radius 3 is 2.59 bits per heavy atom. The molecule has 0 saturated carbocycles. The SMILES string of the molecule is C=CCC(N=C(N)N)C(=O)Oc1ccccc1. The van der Waals surface area contributed by atoms with Crippen molar-refractivity contribution in [3.63, 3.8) is 0 Å². The minimum Gasteiger partial charge on any atom is -0.425 e. The molecule has 0 aliphatic rings. The van der Waals surface area contributed by atoms with Gasteiger partial charge in [-0.05, 0) is 18.6 Å². The third kappa shape index (κ3) is 4.38. The zero-order valence-corrected chi connectivity index (χ0v) is 9.37. The molecule has 0 radical (unpaired) electrons. The minimum atomic E-state index is -0.752. The number of nitrogens with zero attached hydrogens (tertiary/aromatic N) is 1. The van der Waals surface area contributed by atoms with E-state index >= 15 is 0 Å². The van der Waals surface area contributed by atoms with E-state index in [0.717, 1.165) is 0 Å². The maximum absolute atomic E-state index is 11.7. The van der Waals surface area contributed by atoms with Gasteiger partial charge in [-0.2, -0.15) is 0 Å². The number of ether oxygens (including phenoxy) is 1. The van der Waals surface area contributed by atoms with E-state index in [1.165, 1.54) is 0 Å². The van der Waals surface area contributed by atoms with Gasteiger partial charge >= 0.3 is 5.97 Å². The van der Waals surface area contributed by atoms with E-state index in [-0.39, 0.29) is 5.96 Å². The number of hydrogen-bond acceptors (Lipinski definition) is 3. The first kappa shape index (κ1) is 12.8. The van der Waals surface area contributed by atoms with Crippen LogP contribution >= 0.6 is 0 Å². The zero-order valence-electron chi connectivity index (χ0n) is 9.37. The maximum Gasteiger partial charge on any atom is 0.336 e. The fourth-order valence-corrected chi connectivity index (χ4v) is 1.21. The first-order valence-corrected chi connectivity index (χ1v) is 5.10. The monoisotopic (exact) mass is 233 g/mol. The molecule has 0 spiro atoms. The lowest BCUT2D eigenvalue weighted by Crippen LogP contribution is -2.31. The highest BCUT2D eigenvalue weighted by Crippen LogP contribution is 2.11. The Bertz CT molecular complexity index is 411. The van der Waals surface area contributed by atoms with Crippen molar-refractivity contribution in [2.75, 3.05) is 0 Å². The molecule has 0 aliphatic carbocycles. The smallest absolute Gasteiger partial charge is 0.336 e. The summed E-state index contributed by atoms with van der Waals surface area (Å²) in [6.45, 7) is 3.54. The number of aliphatic imine (C=N–C) groups is 1. The lowest BCUT2D eigenvalue weighted by molar-refractivity contribution is -0.135. The van der Waals surface area contributed by atoms with Crippen LogP contribution in [0, 0.1) is 0 Å².